The number of piperidine rings is 1. The van der Waals surface area contributed by atoms with Crippen molar-refractivity contribution >= 4 is 27.1 Å². The number of H-pyrrole nitrogens is 1. The summed E-state index contributed by atoms with van der Waals surface area (Å²) in [5.41, 5.74) is 1.36. The van der Waals surface area contributed by atoms with Gasteiger partial charge in [-0.15, -0.1) is 0 Å². The fourth-order valence-electron chi connectivity index (χ4n) is 4.74. The van der Waals surface area contributed by atoms with Crippen LogP contribution in [-0.2, 0) is 27.4 Å². The molecule has 1 fully saturated rings. The molecule has 2 heterocycles. The number of alkyl halides is 3. The van der Waals surface area contributed by atoms with Gasteiger partial charge in [-0.25, -0.2) is 18.2 Å². The second-order valence-electron chi connectivity index (χ2n) is 9.52. The van der Waals surface area contributed by atoms with Crippen LogP contribution in [0.4, 0.5) is 18.0 Å². The Hall–Kier alpha value is -3.90. The molecule has 12 heteroatoms. The van der Waals surface area contributed by atoms with Crippen molar-refractivity contribution in [3.63, 3.8) is 0 Å². The van der Waals surface area contributed by atoms with E-state index in [0.29, 0.717) is 31.2 Å². The van der Waals surface area contributed by atoms with Gasteiger partial charge in [0.25, 0.3) is 0 Å². The summed E-state index contributed by atoms with van der Waals surface area (Å²) in [4.78, 5) is 20.5. The van der Waals surface area contributed by atoms with E-state index in [2.05, 4.69) is 15.3 Å². The van der Waals surface area contributed by atoms with E-state index in [0.717, 1.165) is 39.1 Å². The van der Waals surface area contributed by atoms with Gasteiger partial charge < -0.3 is 15.0 Å². The van der Waals surface area contributed by atoms with E-state index in [9.17, 15) is 26.4 Å². The number of carbonyl (C=O) groups is 1. The number of para-hydroxylation sites is 2. The average Bonchev–Trinajstić information content (AvgIpc) is 3.38. The Bertz CT molecular complexity index is 1560. The number of fused-ring (bicyclic) bond motifs is 1. The minimum absolute atomic E-state index is 0.00748. The molecule has 8 nitrogen and oxygen atoms in total. The van der Waals surface area contributed by atoms with Gasteiger partial charge in [0.2, 0.25) is 10.0 Å². The van der Waals surface area contributed by atoms with Gasteiger partial charge >= 0.3 is 12.3 Å². The van der Waals surface area contributed by atoms with E-state index in [1.807, 2.05) is 54.6 Å². The third-order valence-corrected chi connectivity index (χ3v) is 8.61. The molecule has 1 saturated heterocycles. The Morgan fingerprint density at radius 2 is 1.80 bits per heavy atom. The Balaban J connectivity index is 1.37. The average molecular weight is 573 g/mol. The van der Waals surface area contributed by atoms with E-state index in [4.69, 9.17) is 4.74 Å². The number of aromatic amines is 1. The molecule has 5 rings (SSSR count). The van der Waals surface area contributed by atoms with Gasteiger partial charge in [-0.05, 0) is 55.2 Å². The lowest BCUT2D eigenvalue weighted by Crippen LogP contribution is -2.47. The summed E-state index contributed by atoms with van der Waals surface area (Å²) in [6, 6.07) is 19.8. The topological polar surface area (TPSA) is 104 Å². The molecule has 0 spiro atoms. The van der Waals surface area contributed by atoms with Crippen molar-refractivity contribution in [2.45, 2.75) is 49.0 Å². The summed E-state index contributed by atoms with van der Waals surface area (Å²) < 4.78 is 73.0. The molecular weight excluding hydrogens is 545 g/mol. The number of benzene rings is 3. The maximum atomic E-state index is 13.4. The molecule has 210 valence electrons. The maximum absolute atomic E-state index is 13.4. The maximum Gasteiger partial charge on any atom is 0.416 e. The highest BCUT2D eigenvalue weighted by molar-refractivity contribution is 7.89. The zero-order valence-corrected chi connectivity index (χ0v) is 22.1. The number of hydrogen-bond donors (Lipinski definition) is 2. The van der Waals surface area contributed by atoms with E-state index in [1.165, 1.54) is 0 Å². The van der Waals surface area contributed by atoms with Crippen molar-refractivity contribution < 1.29 is 31.1 Å². The predicted octanol–water partition coefficient (Wildman–Crippen LogP) is 5.79. The zero-order chi connectivity index (χ0) is 28.3. The number of hydrogen-bond acceptors (Lipinski definition) is 5. The summed E-state index contributed by atoms with van der Waals surface area (Å²) >= 11 is 0. The largest absolute Gasteiger partial charge is 0.429 e. The third kappa shape index (κ3) is 6.13. The predicted molar refractivity (Wildman–Crippen MR) is 142 cm³/mol. The summed E-state index contributed by atoms with van der Waals surface area (Å²) in [6.45, 7) is 0.00748. The number of alkyl carbamates (subject to hydrolysis) is 1. The molecular formula is C28H27F3N4O4S. The summed E-state index contributed by atoms with van der Waals surface area (Å²) in [5, 5.41) is 2.81. The van der Waals surface area contributed by atoms with Crippen molar-refractivity contribution in [1.29, 1.82) is 0 Å². The van der Waals surface area contributed by atoms with Crippen LogP contribution in [0.25, 0.3) is 11.0 Å². The first-order chi connectivity index (χ1) is 19.1. The number of nitrogens with zero attached hydrogens (tertiary/aromatic N) is 2. The lowest BCUT2D eigenvalue weighted by atomic mass is 10.1. The Morgan fingerprint density at radius 1 is 1.05 bits per heavy atom. The molecule has 2 atom stereocenters. The van der Waals surface area contributed by atoms with Crippen LogP contribution in [0.1, 0.15) is 42.3 Å². The van der Waals surface area contributed by atoms with Gasteiger partial charge in [-0.3, -0.25) is 0 Å². The Morgan fingerprint density at radius 3 is 2.55 bits per heavy atom. The number of imidazole rings is 1. The van der Waals surface area contributed by atoms with Crippen LogP contribution in [0.3, 0.4) is 0 Å². The standard InChI is InChI=1S/C28H27F3N4O4S/c29-28(30,31)20-11-8-12-21(18-20)40(37,38)35-16-7-6-15-25(35)39-27(36)34-24(17-19-9-2-1-3-10-19)26-32-22-13-4-5-14-23(22)33-26/h1-5,8-14,18,24-25H,6-7,15-17H2,(H,32,33)(H,34,36)/t24-,25-/m0/s1. The molecule has 0 saturated carbocycles. The SMILES string of the molecule is O=C(N[C@@H](Cc1ccccc1)c1nc2ccccc2[nH]1)O[C@H]1CCCCN1S(=O)(=O)c1cccc(C(F)(F)F)c1. The fourth-order valence-corrected chi connectivity index (χ4v) is 6.36. The highest BCUT2D eigenvalue weighted by Crippen LogP contribution is 2.33. The lowest BCUT2D eigenvalue weighted by Gasteiger charge is -2.34. The molecule has 2 N–H and O–H groups in total. The van der Waals surface area contributed by atoms with Crippen molar-refractivity contribution in [1.82, 2.24) is 19.6 Å². The molecule has 0 bridgehead atoms. The molecule has 0 aliphatic carbocycles. The number of halogens is 3. The minimum Gasteiger partial charge on any atom is -0.429 e. The van der Waals surface area contributed by atoms with Crippen molar-refractivity contribution in [3.05, 3.63) is 95.8 Å². The van der Waals surface area contributed by atoms with Gasteiger partial charge in [0.15, 0.2) is 6.23 Å². The first kappa shape index (κ1) is 27.7. The normalized spacial score (nSPS) is 17.4. The Kier molecular flexibility index (Phi) is 7.81. The molecule has 1 aromatic heterocycles. The first-order valence-electron chi connectivity index (χ1n) is 12.8. The highest BCUT2D eigenvalue weighted by atomic mass is 32.2. The molecule has 40 heavy (non-hydrogen) atoms. The minimum atomic E-state index is -4.70. The monoisotopic (exact) mass is 572 g/mol. The van der Waals surface area contributed by atoms with Crippen LogP contribution >= 0.6 is 0 Å². The summed E-state index contributed by atoms with van der Waals surface area (Å²) in [6.07, 6.45) is -5.09. The van der Waals surface area contributed by atoms with Gasteiger partial charge in [-0.2, -0.15) is 17.5 Å². The number of aromatic nitrogens is 2. The van der Waals surface area contributed by atoms with Gasteiger partial charge in [0.1, 0.15) is 5.82 Å². The molecule has 0 unspecified atom stereocenters. The zero-order valence-electron chi connectivity index (χ0n) is 21.3. The van der Waals surface area contributed by atoms with Crippen molar-refractivity contribution in [3.8, 4) is 0 Å². The van der Waals surface area contributed by atoms with E-state index in [1.54, 1.807) is 0 Å². The van der Waals surface area contributed by atoms with Crippen molar-refractivity contribution in [2.24, 2.45) is 0 Å². The lowest BCUT2D eigenvalue weighted by molar-refractivity contribution is -0.137. The highest BCUT2D eigenvalue weighted by Gasteiger charge is 2.38. The third-order valence-electron chi connectivity index (χ3n) is 6.72. The number of ether oxygens (including phenoxy) is 1. The molecule has 1 aliphatic rings. The van der Waals surface area contributed by atoms with E-state index in [-0.39, 0.29) is 13.0 Å². The first-order valence-corrected chi connectivity index (χ1v) is 14.2. The van der Waals surface area contributed by atoms with Crippen molar-refractivity contribution in [2.75, 3.05) is 6.54 Å². The number of sulfonamides is 1. The van der Waals surface area contributed by atoms with Gasteiger partial charge in [0, 0.05) is 13.0 Å². The second kappa shape index (κ2) is 11.3. The number of nitrogens with one attached hydrogen (secondary N) is 2. The summed E-state index contributed by atoms with van der Waals surface area (Å²) in [5.74, 6) is 0.499. The van der Waals surface area contributed by atoms with Gasteiger partial charge in [-0.1, -0.05) is 48.5 Å². The van der Waals surface area contributed by atoms with E-state index >= 15 is 0 Å². The fraction of sp³-hybridized carbons (Fsp3) is 0.286. The van der Waals surface area contributed by atoms with Crippen LogP contribution in [0.2, 0.25) is 0 Å². The van der Waals surface area contributed by atoms with Gasteiger partial charge in [0.05, 0.1) is 27.5 Å². The van der Waals surface area contributed by atoms with Crippen LogP contribution in [0, 0.1) is 0 Å². The van der Waals surface area contributed by atoms with E-state index < -0.39 is 45.0 Å². The molecule has 3 aromatic carbocycles. The molecule has 0 radical (unpaired) electrons. The van der Waals surface area contributed by atoms with Crippen LogP contribution in [0.5, 0.6) is 0 Å². The molecule has 4 aromatic rings. The smallest absolute Gasteiger partial charge is 0.416 e. The second-order valence-corrected chi connectivity index (χ2v) is 11.4. The molecule has 1 aliphatic heterocycles. The Labute approximate surface area is 229 Å². The van der Waals surface area contributed by atoms with Crippen LogP contribution in [-0.4, -0.2) is 41.6 Å². The summed E-state index contributed by atoms with van der Waals surface area (Å²) in [7, 11) is -4.38. The number of carbonyl (C=O) groups excluding carboxylic acids is 1. The van der Waals surface area contributed by atoms with Crippen LogP contribution in [0.15, 0.2) is 83.8 Å². The quantitative estimate of drug-likeness (QED) is 0.292. The van der Waals surface area contributed by atoms with Crippen LogP contribution < -0.4 is 5.32 Å². The number of amides is 1. The molecule has 1 amide bonds. The number of rotatable bonds is 7.